The Bertz CT molecular complexity index is 241. The van der Waals surface area contributed by atoms with E-state index in [0.29, 0.717) is 6.42 Å². The van der Waals surface area contributed by atoms with E-state index in [-0.39, 0.29) is 11.6 Å². The number of hydrogen-bond acceptors (Lipinski definition) is 3. The fourth-order valence-corrected chi connectivity index (χ4v) is 4.84. The lowest BCUT2D eigenvalue weighted by Gasteiger charge is -2.33. The average molecular weight is 261 g/mol. The van der Waals surface area contributed by atoms with Gasteiger partial charge in [-0.3, -0.25) is 0 Å². The van der Waals surface area contributed by atoms with Crippen molar-refractivity contribution in [1.82, 2.24) is 0 Å². The van der Waals surface area contributed by atoms with Gasteiger partial charge in [-0.2, -0.15) is 0 Å². The van der Waals surface area contributed by atoms with Gasteiger partial charge in [-0.15, -0.1) is 0 Å². The maximum Gasteiger partial charge on any atom is 0.184 e. The molecular formula is C11H25O3Si2-. The Balaban J connectivity index is 4.49. The van der Waals surface area contributed by atoms with Gasteiger partial charge in [0.15, 0.2) is 8.32 Å². The smallest absolute Gasteiger partial charge is 0.184 e. The van der Waals surface area contributed by atoms with E-state index in [1.54, 1.807) is 0 Å². The lowest BCUT2D eigenvalue weighted by atomic mass is 10.2. The van der Waals surface area contributed by atoms with E-state index in [2.05, 4.69) is 39.3 Å². The zero-order chi connectivity index (χ0) is 13.1. The van der Waals surface area contributed by atoms with Gasteiger partial charge in [0.25, 0.3) is 0 Å². The van der Waals surface area contributed by atoms with E-state index in [1.807, 2.05) is 6.92 Å². The molecule has 0 aromatic rings. The van der Waals surface area contributed by atoms with E-state index < -0.39 is 22.4 Å². The van der Waals surface area contributed by atoms with Gasteiger partial charge >= 0.3 is 0 Å². The van der Waals surface area contributed by atoms with Crippen molar-refractivity contribution in [3.05, 3.63) is 0 Å². The van der Waals surface area contributed by atoms with Crippen LogP contribution in [0, 0.1) is 0 Å². The highest BCUT2D eigenvalue weighted by Crippen LogP contribution is 2.28. The van der Waals surface area contributed by atoms with Gasteiger partial charge in [0.05, 0.1) is 8.07 Å². The van der Waals surface area contributed by atoms with Crippen molar-refractivity contribution < 1.29 is 14.3 Å². The lowest BCUT2D eigenvalue weighted by molar-refractivity contribution is -0.306. The van der Waals surface area contributed by atoms with Gasteiger partial charge in [-0.25, -0.2) is 0 Å². The Labute approximate surface area is 101 Å². The van der Waals surface area contributed by atoms with Crippen LogP contribution in [0.5, 0.6) is 0 Å². The molecule has 0 N–H and O–H groups in total. The summed E-state index contributed by atoms with van der Waals surface area (Å²) in [4.78, 5) is 11.1. The molecule has 0 fully saturated rings. The van der Waals surface area contributed by atoms with Crippen LogP contribution in [0.15, 0.2) is 0 Å². The largest absolute Gasteiger partial charge is 0.550 e. The molecule has 0 rings (SSSR count). The normalized spacial score (nSPS) is 16.9. The van der Waals surface area contributed by atoms with Crippen molar-refractivity contribution in [3.8, 4) is 0 Å². The van der Waals surface area contributed by atoms with Crippen molar-refractivity contribution in [2.75, 3.05) is 0 Å². The summed E-state index contributed by atoms with van der Waals surface area (Å²) in [6.07, 6.45) is 0.601. The number of rotatable bonds is 6. The third-order valence-electron chi connectivity index (χ3n) is 2.45. The van der Waals surface area contributed by atoms with Crippen LogP contribution in [0.1, 0.15) is 13.3 Å². The van der Waals surface area contributed by atoms with Crippen molar-refractivity contribution >= 4 is 22.4 Å². The van der Waals surface area contributed by atoms with Crippen molar-refractivity contribution in [1.29, 1.82) is 0 Å². The fraction of sp³-hybridized carbons (Fsp3) is 0.909. The minimum absolute atomic E-state index is 0.0151. The molecule has 0 saturated heterocycles. The predicted octanol–water partition coefficient (Wildman–Crippen LogP) is 2.07. The molecule has 0 heterocycles. The molecule has 0 amide bonds. The van der Waals surface area contributed by atoms with Crippen molar-refractivity contribution in [2.45, 2.75) is 64.3 Å². The molecule has 0 bridgehead atoms. The van der Waals surface area contributed by atoms with Crippen LogP contribution in [-0.4, -0.2) is 28.5 Å². The summed E-state index contributed by atoms with van der Waals surface area (Å²) in [7, 11) is -3.29. The molecule has 0 aromatic heterocycles. The number of carboxylic acids is 1. The standard InChI is InChI=1S/C11H26O3Si2/c1-9(14-16(5,6)7)8-10(11(12)13)15(2,3)4/h9-10H,8H2,1-7H3,(H,12,13)/p-1. The molecule has 16 heavy (non-hydrogen) atoms. The minimum atomic E-state index is -1.71. The van der Waals surface area contributed by atoms with Crippen LogP contribution in [0.2, 0.25) is 44.8 Å². The van der Waals surface area contributed by atoms with Crippen LogP contribution >= 0.6 is 0 Å². The highest BCUT2D eigenvalue weighted by molar-refractivity contribution is 6.80. The zero-order valence-corrected chi connectivity index (χ0v) is 13.6. The number of carbonyl (C=O) groups excluding carboxylic acids is 1. The molecule has 0 aliphatic carbocycles. The first-order chi connectivity index (χ1) is 6.93. The van der Waals surface area contributed by atoms with Crippen molar-refractivity contribution in [2.24, 2.45) is 0 Å². The molecule has 0 spiro atoms. The fourth-order valence-electron chi connectivity index (χ4n) is 1.79. The molecule has 5 heteroatoms. The monoisotopic (exact) mass is 261 g/mol. The molecule has 3 nitrogen and oxygen atoms in total. The van der Waals surface area contributed by atoms with Crippen molar-refractivity contribution in [3.63, 3.8) is 0 Å². The summed E-state index contributed by atoms with van der Waals surface area (Å²) in [6, 6.07) is 0. The van der Waals surface area contributed by atoms with Gasteiger partial charge in [0.2, 0.25) is 0 Å². The minimum Gasteiger partial charge on any atom is -0.550 e. The predicted molar refractivity (Wildman–Crippen MR) is 70.6 cm³/mol. The van der Waals surface area contributed by atoms with E-state index in [0.717, 1.165) is 0 Å². The second-order valence-corrected chi connectivity index (χ2v) is 16.4. The van der Waals surface area contributed by atoms with Gasteiger partial charge in [0, 0.05) is 12.1 Å². The van der Waals surface area contributed by atoms with E-state index in [4.69, 9.17) is 4.43 Å². The Kier molecular flexibility index (Phi) is 5.42. The summed E-state index contributed by atoms with van der Waals surface area (Å²) in [5.74, 6) is -0.912. The average Bonchev–Trinajstić information content (AvgIpc) is 1.93. The van der Waals surface area contributed by atoms with E-state index >= 15 is 0 Å². The maximum absolute atomic E-state index is 11.1. The summed E-state index contributed by atoms with van der Waals surface area (Å²) < 4.78 is 5.88. The highest BCUT2D eigenvalue weighted by Gasteiger charge is 2.30. The molecule has 0 radical (unpaired) electrons. The van der Waals surface area contributed by atoms with Crippen LogP contribution in [-0.2, 0) is 9.22 Å². The quantitative estimate of drug-likeness (QED) is 0.688. The van der Waals surface area contributed by atoms with Gasteiger partial charge < -0.3 is 14.3 Å². The third-order valence-corrected chi connectivity index (χ3v) is 6.12. The summed E-state index contributed by atoms with van der Waals surface area (Å²) in [5.41, 5.74) is -0.321. The first-order valence-electron chi connectivity index (χ1n) is 5.82. The molecule has 96 valence electrons. The summed E-state index contributed by atoms with van der Waals surface area (Å²) in [5, 5.41) is 11.1. The van der Waals surface area contributed by atoms with Crippen LogP contribution in [0.25, 0.3) is 0 Å². The summed E-state index contributed by atoms with van der Waals surface area (Å²) >= 11 is 0. The first-order valence-corrected chi connectivity index (χ1v) is 12.8. The third kappa shape index (κ3) is 6.45. The topological polar surface area (TPSA) is 49.4 Å². The number of carboxylic acid groups (broad SMARTS) is 1. The molecule has 0 aliphatic heterocycles. The molecule has 0 aromatic carbocycles. The number of carbonyl (C=O) groups is 1. The lowest BCUT2D eigenvalue weighted by Crippen LogP contribution is -2.44. The van der Waals surface area contributed by atoms with Gasteiger partial charge in [-0.1, -0.05) is 19.6 Å². The Morgan fingerprint density at radius 1 is 1.19 bits per heavy atom. The number of aliphatic carboxylic acids is 1. The Morgan fingerprint density at radius 3 is 1.88 bits per heavy atom. The second-order valence-electron chi connectivity index (χ2n) is 6.51. The summed E-state index contributed by atoms with van der Waals surface area (Å²) in [6.45, 7) is 14.5. The SMILES string of the molecule is CC(CC(C(=O)[O-])[Si](C)(C)C)O[Si](C)(C)C. The molecule has 0 saturated carbocycles. The van der Waals surface area contributed by atoms with Crippen LogP contribution in [0.4, 0.5) is 0 Å². The molecular weight excluding hydrogens is 236 g/mol. The maximum atomic E-state index is 11.1. The second kappa shape index (κ2) is 5.47. The van der Waals surface area contributed by atoms with Crippen LogP contribution < -0.4 is 5.11 Å². The highest BCUT2D eigenvalue weighted by atomic mass is 28.4. The van der Waals surface area contributed by atoms with Crippen LogP contribution in [0.3, 0.4) is 0 Å². The van der Waals surface area contributed by atoms with Gasteiger partial charge in [0.1, 0.15) is 0 Å². The Morgan fingerprint density at radius 2 is 1.62 bits per heavy atom. The Hall–Kier alpha value is -0.136. The van der Waals surface area contributed by atoms with E-state index in [9.17, 15) is 9.90 Å². The first kappa shape index (κ1) is 15.9. The van der Waals surface area contributed by atoms with Gasteiger partial charge in [-0.05, 0) is 38.5 Å². The van der Waals surface area contributed by atoms with E-state index in [1.165, 1.54) is 0 Å². The zero-order valence-electron chi connectivity index (χ0n) is 11.6. The molecule has 2 unspecified atom stereocenters. The number of hydrogen-bond donors (Lipinski definition) is 0. The molecule has 0 aliphatic rings. The molecule has 2 atom stereocenters.